The van der Waals surface area contributed by atoms with Gasteiger partial charge < -0.3 is 10.6 Å². The molecule has 1 aromatic heterocycles. The van der Waals surface area contributed by atoms with Crippen molar-refractivity contribution in [2.24, 2.45) is 0 Å². The van der Waals surface area contributed by atoms with Crippen LogP contribution in [0.25, 0.3) is 0 Å². The van der Waals surface area contributed by atoms with E-state index in [9.17, 15) is 13.2 Å². The summed E-state index contributed by atoms with van der Waals surface area (Å²) in [5.41, 5.74) is 0.875. The van der Waals surface area contributed by atoms with Crippen molar-refractivity contribution < 1.29 is 13.2 Å². The van der Waals surface area contributed by atoms with Crippen LogP contribution in [0, 0.1) is 6.92 Å². The molecule has 1 atom stereocenters. The summed E-state index contributed by atoms with van der Waals surface area (Å²) in [5.74, 6) is -0.298. The van der Waals surface area contributed by atoms with Crippen LogP contribution >= 0.6 is 27.3 Å². The zero-order chi connectivity index (χ0) is 14.9. The largest absolute Gasteiger partial charge is 0.358 e. The van der Waals surface area contributed by atoms with Gasteiger partial charge in [-0.2, -0.15) is 4.31 Å². The maximum Gasteiger partial charge on any atom is 0.253 e. The van der Waals surface area contributed by atoms with E-state index in [2.05, 4.69) is 26.6 Å². The molecule has 1 unspecified atom stereocenters. The molecular formula is C11H16BrN3O3S2. The molecule has 0 bridgehead atoms. The lowest BCUT2D eigenvalue weighted by Crippen LogP contribution is -2.58. The van der Waals surface area contributed by atoms with E-state index >= 15 is 0 Å². The number of halogens is 1. The first-order valence-electron chi connectivity index (χ1n) is 6.08. The number of hydrogen-bond donors (Lipinski definition) is 2. The number of carbonyl (C=O) groups is 1. The fraction of sp³-hybridized carbons (Fsp3) is 0.545. The SMILES string of the molecule is CNC(=O)C1CNCCN1S(=O)(=O)c1cc(C)c(Br)s1. The molecule has 2 N–H and O–H groups in total. The summed E-state index contributed by atoms with van der Waals surface area (Å²) in [7, 11) is -2.14. The Morgan fingerprint density at radius 1 is 1.60 bits per heavy atom. The first kappa shape index (κ1) is 15.9. The van der Waals surface area contributed by atoms with Gasteiger partial charge in [-0.1, -0.05) is 0 Å². The molecule has 1 saturated heterocycles. The van der Waals surface area contributed by atoms with Crippen LogP contribution in [0.1, 0.15) is 5.56 Å². The number of carbonyl (C=O) groups excluding carboxylic acids is 1. The van der Waals surface area contributed by atoms with Gasteiger partial charge in [0.25, 0.3) is 10.0 Å². The summed E-state index contributed by atoms with van der Waals surface area (Å²) >= 11 is 4.51. The highest BCUT2D eigenvalue weighted by atomic mass is 79.9. The third-order valence-electron chi connectivity index (χ3n) is 3.14. The van der Waals surface area contributed by atoms with Crippen LogP contribution < -0.4 is 10.6 Å². The molecule has 9 heteroatoms. The molecule has 2 heterocycles. The Bertz CT molecular complexity index is 595. The van der Waals surface area contributed by atoms with Gasteiger partial charge in [-0.15, -0.1) is 11.3 Å². The van der Waals surface area contributed by atoms with Crippen LogP contribution in [0.15, 0.2) is 14.1 Å². The first-order valence-corrected chi connectivity index (χ1v) is 9.13. The van der Waals surface area contributed by atoms with Crippen molar-refractivity contribution in [3.05, 3.63) is 15.4 Å². The summed E-state index contributed by atoms with van der Waals surface area (Å²) < 4.78 is 27.7. The van der Waals surface area contributed by atoms with E-state index in [4.69, 9.17) is 0 Å². The topological polar surface area (TPSA) is 78.5 Å². The molecule has 1 aliphatic heterocycles. The van der Waals surface area contributed by atoms with E-state index in [-0.39, 0.29) is 16.7 Å². The van der Waals surface area contributed by atoms with Gasteiger partial charge in [-0.3, -0.25) is 4.79 Å². The molecule has 1 fully saturated rings. The van der Waals surface area contributed by atoms with E-state index in [0.29, 0.717) is 13.1 Å². The van der Waals surface area contributed by atoms with Crippen LogP contribution in [0.4, 0.5) is 0 Å². The minimum Gasteiger partial charge on any atom is -0.358 e. The van der Waals surface area contributed by atoms with Crippen molar-refractivity contribution in [3.63, 3.8) is 0 Å². The molecule has 6 nitrogen and oxygen atoms in total. The van der Waals surface area contributed by atoms with Gasteiger partial charge in [0.1, 0.15) is 10.3 Å². The number of thiophene rings is 1. The Morgan fingerprint density at radius 2 is 2.30 bits per heavy atom. The number of sulfonamides is 1. The van der Waals surface area contributed by atoms with Crippen molar-refractivity contribution in [2.75, 3.05) is 26.7 Å². The summed E-state index contributed by atoms with van der Waals surface area (Å²) in [6, 6.07) is 0.924. The lowest BCUT2D eigenvalue weighted by atomic mass is 10.2. The van der Waals surface area contributed by atoms with Crippen molar-refractivity contribution in [1.82, 2.24) is 14.9 Å². The van der Waals surface area contributed by atoms with E-state index in [1.165, 1.54) is 22.7 Å². The van der Waals surface area contributed by atoms with Crippen LogP contribution in [0.2, 0.25) is 0 Å². The van der Waals surface area contributed by atoms with Crippen molar-refractivity contribution >= 4 is 43.2 Å². The summed E-state index contributed by atoms with van der Waals surface area (Å²) in [5, 5.41) is 5.56. The van der Waals surface area contributed by atoms with E-state index in [1.54, 1.807) is 6.07 Å². The molecule has 1 aromatic rings. The number of hydrogen-bond acceptors (Lipinski definition) is 5. The maximum atomic E-state index is 12.7. The Labute approximate surface area is 130 Å². The smallest absolute Gasteiger partial charge is 0.253 e. The summed E-state index contributed by atoms with van der Waals surface area (Å²) in [4.78, 5) is 11.9. The van der Waals surface area contributed by atoms with Crippen LogP contribution in [0.3, 0.4) is 0 Å². The van der Waals surface area contributed by atoms with Crippen LogP contribution in [0.5, 0.6) is 0 Å². The number of rotatable bonds is 3. The third kappa shape index (κ3) is 2.91. The van der Waals surface area contributed by atoms with Gasteiger partial charge in [-0.25, -0.2) is 8.42 Å². The van der Waals surface area contributed by atoms with Gasteiger partial charge >= 0.3 is 0 Å². The van der Waals surface area contributed by atoms with Crippen molar-refractivity contribution in [1.29, 1.82) is 0 Å². The van der Waals surface area contributed by atoms with E-state index in [0.717, 1.165) is 9.35 Å². The standard InChI is InChI=1S/C11H16BrN3O3S2/c1-7-5-9(19-10(7)12)20(17,18)15-4-3-14-6-8(15)11(16)13-2/h5,8,14H,3-4,6H2,1-2H3,(H,13,16). The predicted molar refractivity (Wildman–Crippen MR) is 81.4 cm³/mol. The number of nitrogens with zero attached hydrogens (tertiary/aromatic N) is 1. The van der Waals surface area contributed by atoms with Crippen LogP contribution in [-0.2, 0) is 14.8 Å². The molecule has 1 amide bonds. The quantitative estimate of drug-likeness (QED) is 0.800. The lowest BCUT2D eigenvalue weighted by molar-refractivity contribution is -0.124. The zero-order valence-corrected chi connectivity index (χ0v) is 14.4. The molecule has 2 rings (SSSR count). The van der Waals surface area contributed by atoms with Gasteiger partial charge in [-0.05, 0) is 34.5 Å². The van der Waals surface area contributed by atoms with Gasteiger partial charge in [0.2, 0.25) is 5.91 Å². The number of likely N-dealkylation sites (N-methyl/N-ethyl adjacent to an activating group) is 1. The fourth-order valence-electron chi connectivity index (χ4n) is 2.04. The van der Waals surface area contributed by atoms with Gasteiger partial charge in [0.05, 0.1) is 3.79 Å². The number of piperazine rings is 1. The van der Waals surface area contributed by atoms with Crippen molar-refractivity contribution in [3.8, 4) is 0 Å². The van der Waals surface area contributed by atoms with Gasteiger partial charge in [0.15, 0.2) is 0 Å². The molecule has 0 aromatic carbocycles. The Balaban J connectivity index is 2.37. The minimum absolute atomic E-state index is 0.262. The van der Waals surface area contributed by atoms with Crippen LogP contribution in [-0.4, -0.2) is 51.4 Å². The highest BCUT2D eigenvalue weighted by Crippen LogP contribution is 2.33. The molecule has 1 aliphatic rings. The Morgan fingerprint density at radius 3 is 2.85 bits per heavy atom. The monoisotopic (exact) mass is 381 g/mol. The van der Waals surface area contributed by atoms with Crippen molar-refractivity contribution in [2.45, 2.75) is 17.2 Å². The second-order valence-electron chi connectivity index (χ2n) is 4.47. The molecule has 0 radical (unpaired) electrons. The predicted octanol–water partition coefficient (Wildman–Crippen LogP) is 0.528. The average molecular weight is 382 g/mol. The average Bonchev–Trinajstić information content (AvgIpc) is 2.78. The number of nitrogens with one attached hydrogen (secondary N) is 2. The summed E-state index contributed by atoms with van der Waals surface area (Å²) in [6.45, 7) is 2.99. The third-order valence-corrected chi connectivity index (χ3v) is 7.63. The normalized spacial score (nSPS) is 20.9. The van der Waals surface area contributed by atoms with Gasteiger partial charge in [0, 0.05) is 26.7 Å². The summed E-state index contributed by atoms with van der Waals surface area (Å²) in [6.07, 6.45) is 0. The molecule has 112 valence electrons. The Kier molecular flexibility index (Phi) is 4.85. The molecule has 0 saturated carbocycles. The first-order chi connectivity index (χ1) is 9.37. The lowest BCUT2D eigenvalue weighted by Gasteiger charge is -2.33. The Hall–Kier alpha value is -0.480. The zero-order valence-electron chi connectivity index (χ0n) is 11.1. The molecule has 0 aliphatic carbocycles. The second-order valence-corrected chi connectivity index (χ2v) is 8.96. The molecule has 20 heavy (non-hydrogen) atoms. The van der Waals surface area contributed by atoms with E-state index in [1.807, 2.05) is 6.92 Å². The fourth-order valence-corrected chi connectivity index (χ4v) is 5.98. The molecular weight excluding hydrogens is 366 g/mol. The van der Waals surface area contributed by atoms with E-state index < -0.39 is 16.1 Å². The maximum absolute atomic E-state index is 12.7. The highest BCUT2D eigenvalue weighted by Gasteiger charge is 2.38. The minimum atomic E-state index is -3.65. The number of amides is 1. The molecule has 0 spiro atoms. The highest BCUT2D eigenvalue weighted by molar-refractivity contribution is 9.11. The number of aryl methyl sites for hydroxylation is 1. The second kappa shape index (κ2) is 6.10.